The average Bonchev–Trinajstić information content (AvgIpc) is 3.39. The number of rotatable bonds is 4. The zero-order chi connectivity index (χ0) is 32.8. The smallest absolute Gasteiger partial charge is 0.269 e. The molecule has 2 heterocycles. The van der Waals surface area contributed by atoms with Gasteiger partial charge >= 0.3 is 0 Å². The van der Waals surface area contributed by atoms with Crippen LogP contribution in [0, 0.1) is 45.0 Å². The fraction of sp³-hybridized carbons (Fsp3) is 0.273. The van der Waals surface area contributed by atoms with Gasteiger partial charge in [0.15, 0.2) is 0 Å². The highest BCUT2D eigenvalue weighted by molar-refractivity contribution is 9.10. The van der Waals surface area contributed by atoms with Gasteiger partial charge in [-0.05, 0) is 74.2 Å². The number of phenolic OH excluding ortho intramolecular Hbond substituents is 1. The largest absolute Gasteiger partial charge is 0.508 e. The number of amides is 4. The molecule has 4 aliphatic rings. The zero-order valence-electron chi connectivity index (χ0n) is 24.0. The normalized spacial score (nSPS) is 28.6. The Kier molecular flexibility index (Phi) is 6.94. The lowest BCUT2D eigenvalue weighted by Gasteiger charge is -2.49. The number of allylic oxidation sites excluding steroid dienone is 2. The number of phenols is 1. The van der Waals surface area contributed by atoms with Gasteiger partial charge in [-0.1, -0.05) is 39.2 Å². The lowest BCUT2D eigenvalue weighted by Crippen LogP contribution is -2.48. The number of fused-ring (bicyclic) bond motifs is 4. The van der Waals surface area contributed by atoms with Gasteiger partial charge in [-0.15, -0.1) is 0 Å². The fourth-order valence-corrected chi connectivity index (χ4v) is 8.52. The summed E-state index contributed by atoms with van der Waals surface area (Å²) in [7, 11) is 0. The summed E-state index contributed by atoms with van der Waals surface area (Å²) in [5.74, 6) is -6.99. The first-order valence-electron chi connectivity index (χ1n) is 14.5. The van der Waals surface area contributed by atoms with Crippen molar-refractivity contribution in [1.29, 1.82) is 0 Å². The Morgan fingerprint density at radius 1 is 0.957 bits per heavy atom. The third-order valence-electron chi connectivity index (χ3n) is 10.1. The van der Waals surface area contributed by atoms with Crippen LogP contribution in [-0.2, 0) is 19.2 Å². The van der Waals surface area contributed by atoms with E-state index in [9.17, 15) is 38.8 Å². The van der Waals surface area contributed by atoms with Gasteiger partial charge in [-0.3, -0.25) is 34.2 Å². The number of hydrogen-bond acceptors (Lipinski definition) is 7. The molecule has 234 valence electrons. The van der Waals surface area contributed by atoms with Crippen LogP contribution in [0.2, 0.25) is 5.02 Å². The Bertz CT molecular complexity index is 1930. The van der Waals surface area contributed by atoms with Gasteiger partial charge < -0.3 is 5.11 Å². The Labute approximate surface area is 274 Å². The molecule has 0 aromatic heterocycles. The number of carbonyl (C=O) groups excluding carboxylic acids is 4. The molecule has 10 nitrogen and oxygen atoms in total. The first-order chi connectivity index (χ1) is 21.8. The Morgan fingerprint density at radius 2 is 1.65 bits per heavy atom. The van der Waals surface area contributed by atoms with Gasteiger partial charge in [0.25, 0.3) is 5.69 Å². The van der Waals surface area contributed by atoms with Crippen LogP contribution < -0.4 is 9.80 Å². The van der Waals surface area contributed by atoms with Crippen LogP contribution in [0.1, 0.15) is 31.2 Å². The third-order valence-corrected chi connectivity index (χ3v) is 10.8. The first kappa shape index (κ1) is 30.2. The molecule has 0 radical (unpaired) electrons. The summed E-state index contributed by atoms with van der Waals surface area (Å²) in [6.45, 7) is 1.67. The van der Waals surface area contributed by atoms with Gasteiger partial charge in [0.05, 0.1) is 44.5 Å². The summed E-state index contributed by atoms with van der Waals surface area (Å²) in [6.07, 6.45) is 2.09. The molecule has 3 aromatic rings. The van der Waals surface area contributed by atoms with Crippen molar-refractivity contribution in [2.45, 2.75) is 25.7 Å². The van der Waals surface area contributed by atoms with E-state index in [0.29, 0.717) is 15.6 Å². The van der Waals surface area contributed by atoms with Crippen LogP contribution in [0.15, 0.2) is 76.8 Å². The quantitative estimate of drug-likeness (QED) is 0.146. The summed E-state index contributed by atoms with van der Waals surface area (Å²) in [5.41, 5.74) is -0.273. The van der Waals surface area contributed by atoms with Gasteiger partial charge in [-0.2, -0.15) is 0 Å². The molecule has 1 saturated carbocycles. The van der Waals surface area contributed by atoms with Crippen molar-refractivity contribution in [3.63, 3.8) is 0 Å². The lowest BCUT2D eigenvalue weighted by atomic mass is 9.51. The Hall–Kier alpha value is -4.42. The number of non-ortho nitro benzene ring substituents is 1. The Balaban J connectivity index is 1.36. The standard InChI is InChI=1S/C33H24BrClFN3O7/c1-33-23(30(42)38(32(33)44)18-7-10-25(36)24(35)13-18)14-21-19(28(33)22-12-15(34)2-11-26(22)40)8-9-20-27(21)31(43)37(29(20)41)16-3-5-17(6-4-16)39(45)46/h2-8,10-13,20-21,23,27-28,40H,9,14H2,1H3. The van der Waals surface area contributed by atoms with Crippen molar-refractivity contribution in [3.05, 3.63) is 103 Å². The molecule has 1 N–H and O–H groups in total. The van der Waals surface area contributed by atoms with Crippen LogP contribution in [0.4, 0.5) is 21.5 Å². The highest BCUT2D eigenvalue weighted by atomic mass is 79.9. The fourth-order valence-electron chi connectivity index (χ4n) is 7.96. The second-order valence-electron chi connectivity index (χ2n) is 12.2. The molecule has 6 atom stereocenters. The topological polar surface area (TPSA) is 138 Å². The number of hydrogen-bond donors (Lipinski definition) is 1. The first-order valence-corrected chi connectivity index (χ1v) is 15.7. The number of halogens is 3. The summed E-state index contributed by atoms with van der Waals surface area (Å²) in [5, 5.41) is 22.1. The molecule has 0 spiro atoms. The number of aromatic hydroxyl groups is 1. The van der Waals surface area contributed by atoms with E-state index in [1.165, 1.54) is 42.5 Å². The van der Waals surface area contributed by atoms with E-state index in [0.717, 1.165) is 15.9 Å². The van der Waals surface area contributed by atoms with E-state index in [2.05, 4.69) is 15.9 Å². The molecule has 6 unspecified atom stereocenters. The minimum Gasteiger partial charge on any atom is -0.508 e. The molecule has 7 rings (SSSR count). The van der Waals surface area contributed by atoms with Crippen molar-refractivity contribution in [3.8, 4) is 5.75 Å². The van der Waals surface area contributed by atoms with Gasteiger partial charge in [0.1, 0.15) is 11.6 Å². The van der Waals surface area contributed by atoms with E-state index >= 15 is 0 Å². The highest BCUT2D eigenvalue weighted by Gasteiger charge is 2.68. The predicted molar refractivity (Wildman–Crippen MR) is 167 cm³/mol. The summed E-state index contributed by atoms with van der Waals surface area (Å²) >= 11 is 9.49. The molecule has 2 aliphatic carbocycles. The molecule has 2 aliphatic heterocycles. The molecule has 2 saturated heterocycles. The van der Waals surface area contributed by atoms with Gasteiger partial charge in [-0.25, -0.2) is 9.29 Å². The monoisotopic (exact) mass is 707 g/mol. The average molecular weight is 709 g/mol. The minimum absolute atomic E-state index is 0.0673. The summed E-state index contributed by atoms with van der Waals surface area (Å²) in [6, 6.07) is 13.5. The van der Waals surface area contributed by atoms with E-state index < -0.39 is 69.4 Å². The van der Waals surface area contributed by atoms with Crippen LogP contribution >= 0.6 is 27.5 Å². The van der Waals surface area contributed by atoms with Gasteiger partial charge in [0.2, 0.25) is 23.6 Å². The van der Waals surface area contributed by atoms with Crippen LogP contribution in [0.3, 0.4) is 0 Å². The van der Waals surface area contributed by atoms with Gasteiger partial charge in [0, 0.05) is 28.1 Å². The van der Waals surface area contributed by atoms with E-state index in [1.54, 1.807) is 19.1 Å². The molecular formula is C33H24BrClFN3O7. The molecule has 4 amide bonds. The number of carbonyl (C=O) groups is 4. The number of anilines is 2. The Morgan fingerprint density at radius 3 is 2.33 bits per heavy atom. The molecule has 46 heavy (non-hydrogen) atoms. The maximum absolute atomic E-state index is 14.5. The van der Waals surface area contributed by atoms with Crippen molar-refractivity contribution in [2.75, 3.05) is 9.80 Å². The second-order valence-corrected chi connectivity index (χ2v) is 13.6. The summed E-state index contributed by atoms with van der Waals surface area (Å²) < 4.78 is 14.7. The van der Waals surface area contributed by atoms with Crippen molar-refractivity contribution in [1.82, 2.24) is 0 Å². The van der Waals surface area contributed by atoms with E-state index in [4.69, 9.17) is 11.6 Å². The number of benzene rings is 3. The number of nitro groups is 1. The van der Waals surface area contributed by atoms with E-state index in [1.807, 2.05) is 6.08 Å². The number of nitrogens with zero attached hydrogens (tertiary/aromatic N) is 3. The number of imide groups is 2. The van der Waals surface area contributed by atoms with E-state index in [-0.39, 0.29) is 40.7 Å². The predicted octanol–water partition coefficient (Wildman–Crippen LogP) is 6.29. The molecule has 3 aromatic carbocycles. The SMILES string of the molecule is CC12C(=O)N(c3ccc(F)c(Cl)c3)C(=O)C1CC1C(=CCC3C(=O)N(c4ccc([N+](=O)[O-])cc4)C(=O)C31)C2c1cc(Br)ccc1O. The second kappa shape index (κ2) is 10.6. The van der Waals surface area contributed by atoms with Crippen molar-refractivity contribution < 1.29 is 33.6 Å². The molecule has 13 heteroatoms. The minimum atomic E-state index is -1.42. The van der Waals surface area contributed by atoms with Crippen LogP contribution in [0.5, 0.6) is 5.75 Å². The molecule has 0 bridgehead atoms. The molecule has 3 fully saturated rings. The third kappa shape index (κ3) is 4.19. The maximum atomic E-state index is 14.5. The van der Waals surface area contributed by atoms with Crippen molar-refractivity contribution in [2.24, 2.45) is 29.1 Å². The zero-order valence-corrected chi connectivity index (χ0v) is 26.4. The highest BCUT2D eigenvalue weighted by Crippen LogP contribution is 2.64. The molecular weight excluding hydrogens is 685 g/mol. The maximum Gasteiger partial charge on any atom is 0.269 e. The van der Waals surface area contributed by atoms with Crippen LogP contribution in [-0.4, -0.2) is 33.7 Å². The van der Waals surface area contributed by atoms with Crippen molar-refractivity contribution >= 4 is 68.2 Å². The lowest BCUT2D eigenvalue weighted by molar-refractivity contribution is -0.384. The van der Waals surface area contributed by atoms with Crippen LogP contribution in [0.25, 0.3) is 0 Å². The summed E-state index contributed by atoms with van der Waals surface area (Å²) in [4.78, 5) is 69.2. The number of nitro benzene ring substituents is 1.